The van der Waals surface area contributed by atoms with Crippen LogP contribution in [0.4, 0.5) is 0 Å². The third-order valence-electron chi connectivity index (χ3n) is 3.56. The van der Waals surface area contributed by atoms with Crippen LogP contribution in [0.15, 0.2) is 0 Å². The summed E-state index contributed by atoms with van der Waals surface area (Å²) in [4.78, 5) is 0. The highest BCUT2D eigenvalue weighted by Gasteiger charge is 2.21. The quantitative estimate of drug-likeness (QED) is 0.774. The van der Waals surface area contributed by atoms with Crippen LogP contribution >= 0.6 is 11.6 Å². The van der Waals surface area contributed by atoms with E-state index in [1.54, 1.807) is 0 Å². The summed E-state index contributed by atoms with van der Waals surface area (Å²) in [6.07, 6.45) is 2.09. The first-order chi connectivity index (χ1) is 8.13. The molecule has 1 aromatic rings. The number of rotatable bonds is 4. The second kappa shape index (κ2) is 5.40. The molecule has 0 radical (unpaired) electrons. The average molecular weight is 257 g/mol. The van der Waals surface area contributed by atoms with E-state index in [2.05, 4.69) is 30.6 Å². The number of alkyl halides is 1. The van der Waals surface area contributed by atoms with Crippen molar-refractivity contribution in [3.05, 3.63) is 17.0 Å². The van der Waals surface area contributed by atoms with Gasteiger partial charge in [0.25, 0.3) is 0 Å². The van der Waals surface area contributed by atoms with Gasteiger partial charge in [-0.1, -0.05) is 6.92 Å². The van der Waals surface area contributed by atoms with Gasteiger partial charge in [0.15, 0.2) is 0 Å². The summed E-state index contributed by atoms with van der Waals surface area (Å²) in [5, 5.41) is 4.71. The van der Waals surface area contributed by atoms with E-state index in [1.165, 1.54) is 11.3 Å². The third-order valence-corrected chi connectivity index (χ3v) is 4.09. The molecule has 17 heavy (non-hydrogen) atoms. The summed E-state index contributed by atoms with van der Waals surface area (Å²) >= 11 is 6.35. The molecule has 2 unspecified atom stereocenters. The molecule has 0 saturated carbocycles. The van der Waals surface area contributed by atoms with Crippen molar-refractivity contribution in [3.8, 4) is 0 Å². The van der Waals surface area contributed by atoms with Crippen molar-refractivity contribution in [2.45, 2.75) is 45.5 Å². The second-order valence-corrected chi connectivity index (χ2v) is 5.40. The topological polar surface area (TPSA) is 27.1 Å². The molecule has 4 heteroatoms. The number of aromatic nitrogens is 2. The van der Waals surface area contributed by atoms with Crippen LogP contribution in [0.1, 0.15) is 42.1 Å². The van der Waals surface area contributed by atoms with Crippen molar-refractivity contribution in [2.24, 2.45) is 5.92 Å². The lowest BCUT2D eigenvalue weighted by molar-refractivity contribution is 0.181. The summed E-state index contributed by atoms with van der Waals surface area (Å²) < 4.78 is 7.51. The number of nitrogens with zero attached hydrogens (tertiary/aromatic N) is 2. The Bertz CT molecular complexity index is 383. The molecule has 2 rings (SSSR count). The lowest BCUT2D eigenvalue weighted by Crippen LogP contribution is -2.13. The Hall–Kier alpha value is -0.540. The van der Waals surface area contributed by atoms with Crippen LogP contribution in [0.5, 0.6) is 0 Å². The molecule has 0 spiro atoms. The molecule has 0 amide bonds. The van der Waals surface area contributed by atoms with Gasteiger partial charge in [0.05, 0.1) is 17.7 Å². The number of aryl methyl sites for hydroxylation is 1. The van der Waals surface area contributed by atoms with Gasteiger partial charge in [0, 0.05) is 30.3 Å². The van der Waals surface area contributed by atoms with Gasteiger partial charge >= 0.3 is 0 Å². The van der Waals surface area contributed by atoms with Gasteiger partial charge < -0.3 is 4.74 Å². The minimum absolute atomic E-state index is 0.0866. The SMILES string of the molecule is CCC(Cl)c1c(C)nn(CC2CCOC2)c1C. The first-order valence-electron chi connectivity index (χ1n) is 6.39. The largest absolute Gasteiger partial charge is 0.381 e. The van der Waals surface area contributed by atoms with Crippen LogP contribution in [0.3, 0.4) is 0 Å². The Kier molecular flexibility index (Phi) is 4.10. The van der Waals surface area contributed by atoms with Crippen LogP contribution in [-0.2, 0) is 11.3 Å². The number of hydrogen-bond acceptors (Lipinski definition) is 2. The fourth-order valence-corrected chi connectivity index (χ4v) is 2.83. The number of halogens is 1. The normalized spacial score (nSPS) is 22.0. The monoisotopic (exact) mass is 256 g/mol. The molecule has 1 aromatic heterocycles. The fourth-order valence-electron chi connectivity index (χ4n) is 2.52. The predicted octanol–water partition coefficient (Wildman–Crippen LogP) is 3.23. The van der Waals surface area contributed by atoms with Crippen LogP contribution < -0.4 is 0 Å². The molecule has 1 fully saturated rings. The molecule has 2 heterocycles. The highest BCUT2D eigenvalue weighted by Crippen LogP contribution is 2.30. The summed E-state index contributed by atoms with van der Waals surface area (Å²) in [5.74, 6) is 0.608. The van der Waals surface area contributed by atoms with Crippen LogP contribution in [0.25, 0.3) is 0 Å². The highest BCUT2D eigenvalue weighted by molar-refractivity contribution is 6.20. The summed E-state index contributed by atoms with van der Waals surface area (Å²) in [6.45, 7) is 9.00. The first kappa shape index (κ1) is 12.9. The zero-order chi connectivity index (χ0) is 12.4. The van der Waals surface area contributed by atoms with Crippen LogP contribution in [0.2, 0.25) is 0 Å². The molecule has 0 bridgehead atoms. The van der Waals surface area contributed by atoms with Gasteiger partial charge in [0.2, 0.25) is 0 Å². The molecule has 0 aliphatic carbocycles. The molecular formula is C13H21ClN2O. The van der Waals surface area contributed by atoms with Crippen molar-refractivity contribution in [2.75, 3.05) is 13.2 Å². The Labute approximate surface area is 108 Å². The maximum Gasteiger partial charge on any atom is 0.0643 e. The lowest BCUT2D eigenvalue weighted by atomic mass is 10.1. The Balaban J connectivity index is 2.17. The fraction of sp³-hybridized carbons (Fsp3) is 0.769. The van der Waals surface area contributed by atoms with E-state index in [1.807, 2.05) is 0 Å². The molecule has 0 aromatic carbocycles. The van der Waals surface area contributed by atoms with Gasteiger partial charge in [-0.15, -0.1) is 11.6 Å². The third kappa shape index (κ3) is 2.66. The summed E-state index contributed by atoms with van der Waals surface area (Å²) in [7, 11) is 0. The van der Waals surface area contributed by atoms with Crippen molar-refractivity contribution in [3.63, 3.8) is 0 Å². The first-order valence-corrected chi connectivity index (χ1v) is 6.82. The summed E-state index contributed by atoms with van der Waals surface area (Å²) in [6, 6.07) is 0. The smallest absolute Gasteiger partial charge is 0.0643 e. The molecule has 0 N–H and O–H groups in total. The molecule has 2 atom stereocenters. The van der Waals surface area contributed by atoms with Gasteiger partial charge in [-0.2, -0.15) is 5.10 Å². The van der Waals surface area contributed by atoms with Crippen molar-refractivity contribution in [1.82, 2.24) is 9.78 Å². The van der Waals surface area contributed by atoms with Gasteiger partial charge in [-0.3, -0.25) is 4.68 Å². The molecular weight excluding hydrogens is 236 g/mol. The van der Waals surface area contributed by atoms with Gasteiger partial charge in [-0.05, 0) is 26.7 Å². The standard InChI is InChI=1S/C13H21ClN2O/c1-4-12(14)13-9(2)15-16(10(13)3)7-11-5-6-17-8-11/h11-12H,4-8H2,1-3H3. The van der Waals surface area contributed by atoms with E-state index < -0.39 is 0 Å². The molecule has 1 aliphatic heterocycles. The maximum atomic E-state index is 6.35. The van der Waals surface area contributed by atoms with Crippen molar-refractivity contribution < 1.29 is 4.74 Å². The van der Waals surface area contributed by atoms with Crippen LogP contribution in [0, 0.1) is 19.8 Å². The van der Waals surface area contributed by atoms with E-state index in [0.717, 1.165) is 38.3 Å². The maximum absolute atomic E-state index is 6.35. The van der Waals surface area contributed by atoms with E-state index in [9.17, 15) is 0 Å². The minimum Gasteiger partial charge on any atom is -0.381 e. The van der Waals surface area contributed by atoms with E-state index >= 15 is 0 Å². The lowest BCUT2D eigenvalue weighted by Gasteiger charge is -2.11. The highest BCUT2D eigenvalue weighted by atomic mass is 35.5. The van der Waals surface area contributed by atoms with E-state index in [-0.39, 0.29) is 5.38 Å². The summed E-state index contributed by atoms with van der Waals surface area (Å²) in [5.41, 5.74) is 3.51. The number of ether oxygens (including phenoxy) is 1. The Morgan fingerprint density at radius 1 is 1.53 bits per heavy atom. The zero-order valence-electron chi connectivity index (χ0n) is 10.9. The van der Waals surface area contributed by atoms with E-state index in [4.69, 9.17) is 16.3 Å². The molecule has 3 nitrogen and oxygen atoms in total. The van der Waals surface area contributed by atoms with Crippen molar-refractivity contribution in [1.29, 1.82) is 0 Å². The van der Waals surface area contributed by atoms with Gasteiger partial charge in [0.1, 0.15) is 0 Å². The average Bonchev–Trinajstić information content (AvgIpc) is 2.89. The predicted molar refractivity (Wildman–Crippen MR) is 69.5 cm³/mol. The van der Waals surface area contributed by atoms with Crippen molar-refractivity contribution >= 4 is 11.6 Å². The van der Waals surface area contributed by atoms with E-state index in [0.29, 0.717) is 5.92 Å². The molecule has 1 saturated heterocycles. The molecule has 96 valence electrons. The molecule has 1 aliphatic rings. The minimum atomic E-state index is 0.0866. The zero-order valence-corrected chi connectivity index (χ0v) is 11.6. The van der Waals surface area contributed by atoms with Gasteiger partial charge in [-0.25, -0.2) is 0 Å². The second-order valence-electron chi connectivity index (χ2n) is 4.87. The Morgan fingerprint density at radius 3 is 2.88 bits per heavy atom. The van der Waals surface area contributed by atoms with Crippen LogP contribution in [-0.4, -0.2) is 23.0 Å². The Morgan fingerprint density at radius 2 is 2.29 bits per heavy atom. The number of hydrogen-bond donors (Lipinski definition) is 0.